The molecule has 4 rings (SSSR count). The Labute approximate surface area is 158 Å². The van der Waals surface area contributed by atoms with Gasteiger partial charge in [0.25, 0.3) is 0 Å². The van der Waals surface area contributed by atoms with Crippen molar-refractivity contribution in [1.82, 2.24) is 25.0 Å². The smallest absolute Gasteiger partial charge is 0.234 e. The number of amides is 1. The van der Waals surface area contributed by atoms with Crippen LogP contribution in [0.5, 0.6) is 5.75 Å². The Bertz CT molecular complexity index is 815. The highest BCUT2D eigenvalue weighted by Gasteiger charge is 2.35. The fourth-order valence-corrected chi connectivity index (χ4v) is 3.81. The van der Waals surface area contributed by atoms with Crippen molar-refractivity contribution in [3.05, 3.63) is 41.5 Å². The zero-order chi connectivity index (χ0) is 18.8. The van der Waals surface area contributed by atoms with E-state index in [9.17, 15) is 9.90 Å². The van der Waals surface area contributed by atoms with Crippen LogP contribution >= 0.6 is 0 Å². The molecule has 1 aliphatic carbocycles. The zero-order valence-corrected chi connectivity index (χ0v) is 15.5. The maximum absolute atomic E-state index is 12.4. The Morgan fingerprint density at radius 3 is 2.93 bits per heavy atom. The second kappa shape index (κ2) is 7.66. The van der Waals surface area contributed by atoms with E-state index in [0.717, 1.165) is 43.1 Å². The predicted octanol–water partition coefficient (Wildman–Crippen LogP) is 0.564. The lowest BCUT2D eigenvalue weighted by Gasteiger charge is -2.35. The van der Waals surface area contributed by atoms with Crippen molar-refractivity contribution in [3.8, 4) is 5.75 Å². The highest BCUT2D eigenvalue weighted by molar-refractivity contribution is 5.78. The zero-order valence-electron chi connectivity index (χ0n) is 15.5. The molecule has 0 spiro atoms. The molecule has 1 fully saturated rings. The molecule has 8 nitrogen and oxygen atoms in total. The standard InChI is InChI=1S/C19H25N5O3/c1-23-17(12-25)21-22-19(23)14-8-15(9-14)20-18(26)11-24-6-7-27-16-5-3-2-4-13(16)10-24/h2-5,14-15,25H,6-12H2,1H3,(H,20,26). The number of nitrogens with one attached hydrogen (secondary N) is 1. The number of rotatable bonds is 5. The van der Waals surface area contributed by atoms with Crippen molar-refractivity contribution < 1.29 is 14.6 Å². The molecule has 0 atom stereocenters. The molecule has 27 heavy (non-hydrogen) atoms. The van der Waals surface area contributed by atoms with Crippen LogP contribution in [-0.2, 0) is 25.0 Å². The molecule has 2 aromatic rings. The number of para-hydroxylation sites is 1. The minimum atomic E-state index is -0.112. The molecule has 1 amide bonds. The van der Waals surface area contributed by atoms with Gasteiger partial charge < -0.3 is 19.7 Å². The van der Waals surface area contributed by atoms with Crippen molar-refractivity contribution in [2.75, 3.05) is 19.7 Å². The lowest BCUT2D eigenvalue weighted by Crippen LogP contribution is -2.47. The van der Waals surface area contributed by atoms with Crippen LogP contribution < -0.4 is 10.1 Å². The Hall–Kier alpha value is -2.45. The third kappa shape index (κ3) is 3.81. The predicted molar refractivity (Wildman–Crippen MR) is 98.0 cm³/mol. The van der Waals surface area contributed by atoms with E-state index in [1.54, 1.807) is 0 Å². The van der Waals surface area contributed by atoms with Crippen molar-refractivity contribution in [2.24, 2.45) is 7.05 Å². The van der Waals surface area contributed by atoms with Crippen LogP contribution in [0.15, 0.2) is 24.3 Å². The van der Waals surface area contributed by atoms with E-state index in [1.165, 1.54) is 0 Å². The highest BCUT2D eigenvalue weighted by atomic mass is 16.5. The van der Waals surface area contributed by atoms with Gasteiger partial charge in [-0.25, -0.2) is 0 Å². The number of hydrogen-bond acceptors (Lipinski definition) is 6. The van der Waals surface area contributed by atoms with Crippen LogP contribution in [0.25, 0.3) is 0 Å². The first-order valence-electron chi connectivity index (χ1n) is 9.35. The first-order chi connectivity index (χ1) is 13.1. The van der Waals surface area contributed by atoms with Gasteiger partial charge in [-0.1, -0.05) is 18.2 Å². The number of nitrogens with zero attached hydrogens (tertiary/aromatic N) is 4. The molecular weight excluding hydrogens is 346 g/mol. The molecule has 2 aliphatic rings. The monoisotopic (exact) mass is 371 g/mol. The van der Waals surface area contributed by atoms with Gasteiger partial charge in [-0.15, -0.1) is 10.2 Å². The molecule has 0 bridgehead atoms. The van der Waals surface area contributed by atoms with E-state index in [4.69, 9.17) is 4.74 Å². The SMILES string of the molecule is Cn1c(CO)nnc1C1CC(NC(=O)CN2CCOc3ccccc3C2)C1. The van der Waals surface area contributed by atoms with Gasteiger partial charge in [0.05, 0.1) is 6.54 Å². The summed E-state index contributed by atoms with van der Waals surface area (Å²) in [6.07, 6.45) is 1.71. The van der Waals surface area contributed by atoms with Crippen molar-refractivity contribution in [2.45, 2.75) is 38.0 Å². The molecule has 2 heterocycles. The van der Waals surface area contributed by atoms with Gasteiger partial charge in [0.15, 0.2) is 5.82 Å². The first kappa shape index (κ1) is 17.9. The van der Waals surface area contributed by atoms with Crippen LogP contribution in [-0.4, -0.2) is 56.4 Å². The van der Waals surface area contributed by atoms with Crippen molar-refractivity contribution in [3.63, 3.8) is 0 Å². The molecule has 8 heteroatoms. The second-order valence-electron chi connectivity index (χ2n) is 7.29. The van der Waals surface area contributed by atoms with Crippen molar-refractivity contribution in [1.29, 1.82) is 0 Å². The number of aliphatic hydroxyl groups excluding tert-OH is 1. The fraction of sp³-hybridized carbons (Fsp3) is 0.526. The number of carbonyl (C=O) groups is 1. The Morgan fingerprint density at radius 2 is 2.15 bits per heavy atom. The first-order valence-corrected chi connectivity index (χ1v) is 9.35. The molecule has 1 aliphatic heterocycles. The Morgan fingerprint density at radius 1 is 1.33 bits per heavy atom. The number of fused-ring (bicyclic) bond motifs is 1. The summed E-state index contributed by atoms with van der Waals surface area (Å²) in [6, 6.07) is 8.16. The average molecular weight is 371 g/mol. The van der Waals surface area contributed by atoms with Crippen LogP contribution in [0.3, 0.4) is 0 Å². The molecule has 144 valence electrons. The molecule has 2 N–H and O–H groups in total. The van der Waals surface area contributed by atoms with E-state index >= 15 is 0 Å². The summed E-state index contributed by atoms with van der Waals surface area (Å²) in [5.41, 5.74) is 1.12. The third-order valence-corrected chi connectivity index (χ3v) is 5.41. The number of ether oxygens (including phenoxy) is 1. The van der Waals surface area contributed by atoms with Crippen LogP contribution in [0, 0.1) is 0 Å². The number of aliphatic hydroxyl groups is 1. The van der Waals surface area contributed by atoms with Gasteiger partial charge in [-0.2, -0.15) is 0 Å². The summed E-state index contributed by atoms with van der Waals surface area (Å²) < 4.78 is 7.60. The van der Waals surface area contributed by atoms with E-state index in [1.807, 2.05) is 35.9 Å². The van der Waals surface area contributed by atoms with E-state index < -0.39 is 0 Å². The molecule has 0 unspecified atom stereocenters. The summed E-state index contributed by atoms with van der Waals surface area (Å²) in [5.74, 6) is 2.69. The number of aromatic nitrogens is 3. The van der Waals surface area contributed by atoms with E-state index in [-0.39, 0.29) is 24.5 Å². The minimum Gasteiger partial charge on any atom is -0.492 e. The van der Waals surface area contributed by atoms with Gasteiger partial charge in [0.2, 0.25) is 5.91 Å². The normalized spacial score (nSPS) is 22.3. The third-order valence-electron chi connectivity index (χ3n) is 5.41. The highest BCUT2D eigenvalue weighted by Crippen LogP contribution is 2.35. The average Bonchev–Trinajstić information content (AvgIpc) is 2.86. The van der Waals surface area contributed by atoms with Gasteiger partial charge in [-0.05, 0) is 18.9 Å². The quantitative estimate of drug-likeness (QED) is 0.798. The summed E-state index contributed by atoms with van der Waals surface area (Å²) in [4.78, 5) is 14.6. The lowest BCUT2D eigenvalue weighted by molar-refractivity contribution is -0.123. The van der Waals surface area contributed by atoms with Gasteiger partial charge in [-0.3, -0.25) is 9.69 Å². The second-order valence-corrected chi connectivity index (χ2v) is 7.29. The van der Waals surface area contributed by atoms with Crippen LogP contribution in [0.1, 0.15) is 36.0 Å². The Balaban J connectivity index is 1.26. The van der Waals surface area contributed by atoms with E-state index in [2.05, 4.69) is 20.4 Å². The molecule has 1 aromatic heterocycles. The van der Waals surface area contributed by atoms with Crippen LogP contribution in [0.2, 0.25) is 0 Å². The molecule has 1 aromatic carbocycles. The maximum Gasteiger partial charge on any atom is 0.234 e. The van der Waals surface area contributed by atoms with E-state index in [0.29, 0.717) is 19.0 Å². The fourth-order valence-electron chi connectivity index (χ4n) is 3.81. The summed E-state index contributed by atoms with van der Waals surface area (Å²) in [6.45, 7) is 2.31. The molecule has 1 saturated carbocycles. The number of benzene rings is 1. The Kier molecular flexibility index (Phi) is 5.09. The van der Waals surface area contributed by atoms with Gasteiger partial charge in [0.1, 0.15) is 24.8 Å². The number of carbonyl (C=O) groups excluding carboxylic acids is 1. The topological polar surface area (TPSA) is 92.5 Å². The van der Waals surface area contributed by atoms with Gasteiger partial charge >= 0.3 is 0 Å². The molecular formula is C19H25N5O3. The minimum absolute atomic E-state index is 0.0480. The molecule has 0 radical (unpaired) electrons. The molecule has 0 saturated heterocycles. The van der Waals surface area contributed by atoms with Gasteiger partial charge in [0, 0.05) is 37.7 Å². The maximum atomic E-state index is 12.4. The number of hydrogen-bond donors (Lipinski definition) is 2. The lowest BCUT2D eigenvalue weighted by atomic mass is 9.79. The summed E-state index contributed by atoms with van der Waals surface area (Å²) >= 11 is 0. The van der Waals surface area contributed by atoms with Crippen LogP contribution in [0.4, 0.5) is 0 Å². The summed E-state index contributed by atoms with van der Waals surface area (Å²) in [5, 5.41) is 20.5. The summed E-state index contributed by atoms with van der Waals surface area (Å²) in [7, 11) is 1.87. The largest absolute Gasteiger partial charge is 0.492 e. The van der Waals surface area contributed by atoms with Crippen molar-refractivity contribution >= 4 is 5.91 Å².